The molecule has 31 heavy (non-hydrogen) atoms. The Morgan fingerprint density at radius 2 is 1.84 bits per heavy atom. The first-order valence-electron chi connectivity index (χ1n) is 8.55. The lowest BCUT2D eigenvalue weighted by Crippen LogP contribution is -2.32. The van der Waals surface area contributed by atoms with Crippen LogP contribution in [0.15, 0.2) is 42.5 Å². The SMILES string of the molecule is CC(OC(=O)COc1ccc(C=O)cc1)C(=O)Nc1ccc([N+](=O)[O-])cc1C(F)(F)F. The summed E-state index contributed by atoms with van der Waals surface area (Å²) < 4.78 is 49.5. The van der Waals surface area contributed by atoms with Crippen LogP contribution >= 0.6 is 0 Å². The summed E-state index contributed by atoms with van der Waals surface area (Å²) in [6.45, 7) is 0.536. The molecule has 164 valence electrons. The molecule has 0 aliphatic carbocycles. The van der Waals surface area contributed by atoms with Crippen molar-refractivity contribution in [2.45, 2.75) is 19.2 Å². The van der Waals surface area contributed by atoms with Crippen molar-refractivity contribution in [1.82, 2.24) is 0 Å². The van der Waals surface area contributed by atoms with Gasteiger partial charge in [0.15, 0.2) is 12.7 Å². The molecule has 0 bridgehead atoms. The van der Waals surface area contributed by atoms with Crippen molar-refractivity contribution in [3.8, 4) is 5.75 Å². The number of carbonyl (C=O) groups is 3. The third-order valence-electron chi connectivity index (χ3n) is 3.83. The maximum Gasteiger partial charge on any atom is 0.418 e. The fourth-order valence-electron chi connectivity index (χ4n) is 2.29. The number of benzene rings is 2. The number of ether oxygens (including phenoxy) is 2. The van der Waals surface area contributed by atoms with Gasteiger partial charge < -0.3 is 14.8 Å². The van der Waals surface area contributed by atoms with Crippen LogP contribution in [0.5, 0.6) is 5.75 Å². The first-order chi connectivity index (χ1) is 14.5. The summed E-state index contributed by atoms with van der Waals surface area (Å²) in [5, 5.41) is 12.6. The molecule has 1 amide bonds. The smallest absolute Gasteiger partial charge is 0.418 e. The molecule has 0 saturated carbocycles. The minimum Gasteiger partial charge on any atom is -0.482 e. The number of nitrogens with zero attached hydrogens (tertiary/aromatic N) is 1. The van der Waals surface area contributed by atoms with Crippen LogP contribution in [0.3, 0.4) is 0 Å². The van der Waals surface area contributed by atoms with Crippen LogP contribution in [-0.4, -0.2) is 35.8 Å². The molecule has 2 rings (SSSR count). The van der Waals surface area contributed by atoms with Crippen LogP contribution in [0.2, 0.25) is 0 Å². The van der Waals surface area contributed by atoms with Crippen molar-refractivity contribution in [1.29, 1.82) is 0 Å². The summed E-state index contributed by atoms with van der Waals surface area (Å²) in [5.41, 5.74) is -2.55. The van der Waals surface area contributed by atoms with Crippen molar-refractivity contribution >= 4 is 29.5 Å². The average molecular weight is 440 g/mol. The zero-order valence-electron chi connectivity index (χ0n) is 15.8. The number of anilines is 1. The van der Waals surface area contributed by atoms with Crippen LogP contribution < -0.4 is 10.1 Å². The molecule has 1 atom stereocenters. The standard InChI is InChI=1S/C19H15F3N2O7/c1-11(31-17(26)10-30-14-5-2-12(9-25)3-6-14)18(27)23-16-7-4-13(24(28)29)8-15(16)19(20,21)22/h2-9,11H,10H2,1H3,(H,23,27). The number of aldehydes is 1. The van der Waals surface area contributed by atoms with E-state index in [0.717, 1.165) is 19.1 Å². The van der Waals surface area contributed by atoms with Crippen LogP contribution in [-0.2, 0) is 20.5 Å². The minimum absolute atomic E-state index is 0.250. The Balaban J connectivity index is 1.99. The molecule has 12 heteroatoms. The van der Waals surface area contributed by atoms with Crippen molar-refractivity contribution in [2.24, 2.45) is 0 Å². The lowest BCUT2D eigenvalue weighted by Gasteiger charge is -2.17. The number of rotatable bonds is 8. The second-order valence-corrected chi connectivity index (χ2v) is 6.08. The molecule has 0 spiro atoms. The van der Waals surface area contributed by atoms with Gasteiger partial charge in [0, 0.05) is 17.7 Å². The van der Waals surface area contributed by atoms with E-state index in [1.807, 2.05) is 5.32 Å². The third-order valence-corrected chi connectivity index (χ3v) is 3.83. The molecule has 9 nitrogen and oxygen atoms in total. The fourth-order valence-corrected chi connectivity index (χ4v) is 2.29. The van der Waals surface area contributed by atoms with Gasteiger partial charge in [-0.25, -0.2) is 4.79 Å². The van der Waals surface area contributed by atoms with Crippen LogP contribution in [0.1, 0.15) is 22.8 Å². The molecule has 0 fully saturated rings. The van der Waals surface area contributed by atoms with Gasteiger partial charge in [-0.2, -0.15) is 13.2 Å². The van der Waals surface area contributed by atoms with E-state index in [0.29, 0.717) is 11.8 Å². The van der Waals surface area contributed by atoms with Gasteiger partial charge in [-0.3, -0.25) is 19.7 Å². The number of alkyl halides is 3. The second kappa shape index (κ2) is 9.69. The number of non-ortho nitro benzene ring substituents is 1. The maximum absolute atomic E-state index is 13.2. The quantitative estimate of drug-likeness (QED) is 0.289. The summed E-state index contributed by atoms with van der Waals surface area (Å²) in [4.78, 5) is 44.2. The number of nitro benzene ring substituents is 1. The van der Waals surface area contributed by atoms with Gasteiger partial charge >= 0.3 is 12.1 Å². The van der Waals surface area contributed by atoms with Gasteiger partial charge in [0.2, 0.25) is 0 Å². The zero-order valence-corrected chi connectivity index (χ0v) is 15.8. The van der Waals surface area contributed by atoms with Gasteiger partial charge in [0.05, 0.1) is 16.2 Å². The summed E-state index contributed by atoms with van der Waals surface area (Å²) in [6.07, 6.45) is -5.83. The highest BCUT2D eigenvalue weighted by atomic mass is 19.4. The lowest BCUT2D eigenvalue weighted by atomic mass is 10.1. The van der Waals surface area contributed by atoms with Crippen molar-refractivity contribution in [2.75, 3.05) is 11.9 Å². The number of nitro groups is 1. The number of amides is 1. The Bertz CT molecular complexity index is 991. The second-order valence-electron chi connectivity index (χ2n) is 6.08. The van der Waals surface area contributed by atoms with Gasteiger partial charge in [0.25, 0.3) is 11.6 Å². The zero-order chi connectivity index (χ0) is 23.2. The number of carbonyl (C=O) groups excluding carboxylic acids is 3. The number of hydrogen-bond acceptors (Lipinski definition) is 7. The predicted octanol–water partition coefficient (Wildman–Crippen LogP) is 3.38. The summed E-state index contributed by atoms with van der Waals surface area (Å²) >= 11 is 0. The highest BCUT2D eigenvalue weighted by Gasteiger charge is 2.36. The predicted molar refractivity (Wildman–Crippen MR) is 99.6 cm³/mol. The normalized spacial score (nSPS) is 11.9. The number of nitrogens with one attached hydrogen (secondary N) is 1. The molecule has 0 saturated heterocycles. The molecule has 0 radical (unpaired) electrons. The van der Waals surface area contributed by atoms with Gasteiger partial charge in [-0.15, -0.1) is 0 Å². The van der Waals surface area contributed by atoms with E-state index in [-0.39, 0.29) is 11.8 Å². The van der Waals surface area contributed by atoms with E-state index in [1.165, 1.54) is 24.3 Å². The Morgan fingerprint density at radius 1 is 1.19 bits per heavy atom. The summed E-state index contributed by atoms with van der Waals surface area (Å²) in [5.74, 6) is -1.80. The highest BCUT2D eigenvalue weighted by molar-refractivity contribution is 5.96. The Hall–Kier alpha value is -3.96. The Morgan fingerprint density at radius 3 is 2.39 bits per heavy atom. The number of hydrogen-bond donors (Lipinski definition) is 1. The van der Waals surface area contributed by atoms with Crippen molar-refractivity contribution in [3.63, 3.8) is 0 Å². The summed E-state index contributed by atoms with van der Waals surface area (Å²) in [7, 11) is 0. The van der Waals surface area contributed by atoms with Crippen molar-refractivity contribution in [3.05, 3.63) is 63.7 Å². The average Bonchev–Trinajstić information content (AvgIpc) is 2.71. The third kappa shape index (κ3) is 6.52. The number of halogens is 3. The number of esters is 1. The van der Waals surface area contributed by atoms with E-state index >= 15 is 0 Å². The van der Waals surface area contributed by atoms with E-state index < -0.39 is 52.6 Å². The monoisotopic (exact) mass is 440 g/mol. The topological polar surface area (TPSA) is 125 Å². The minimum atomic E-state index is -4.97. The van der Waals surface area contributed by atoms with Crippen LogP contribution in [0, 0.1) is 10.1 Å². The molecule has 1 N–H and O–H groups in total. The fraction of sp³-hybridized carbons (Fsp3) is 0.211. The molecule has 2 aromatic carbocycles. The highest BCUT2D eigenvalue weighted by Crippen LogP contribution is 2.37. The van der Waals surface area contributed by atoms with E-state index in [1.54, 1.807) is 0 Å². The molecule has 0 aromatic heterocycles. The first kappa shape index (κ1) is 23.3. The van der Waals surface area contributed by atoms with Crippen molar-refractivity contribution < 1.29 is 42.0 Å². The molecule has 0 aliphatic heterocycles. The molecule has 0 heterocycles. The molecular formula is C19H15F3N2O7. The van der Waals surface area contributed by atoms with Gasteiger partial charge in [-0.1, -0.05) is 0 Å². The van der Waals surface area contributed by atoms with Crippen LogP contribution in [0.25, 0.3) is 0 Å². The Labute approximate surface area is 172 Å². The van der Waals surface area contributed by atoms with E-state index in [9.17, 15) is 37.7 Å². The van der Waals surface area contributed by atoms with E-state index in [2.05, 4.69) is 0 Å². The molecular weight excluding hydrogens is 425 g/mol. The van der Waals surface area contributed by atoms with E-state index in [4.69, 9.17) is 9.47 Å². The first-order valence-corrected chi connectivity index (χ1v) is 8.55. The van der Waals surface area contributed by atoms with Gasteiger partial charge in [-0.05, 0) is 37.3 Å². The lowest BCUT2D eigenvalue weighted by molar-refractivity contribution is -0.385. The molecule has 1 unspecified atom stereocenters. The molecule has 0 aliphatic rings. The maximum atomic E-state index is 13.2. The van der Waals surface area contributed by atoms with Gasteiger partial charge in [0.1, 0.15) is 12.0 Å². The molecule has 2 aromatic rings. The largest absolute Gasteiger partial charge is 0.482 e. The summed E-state index contributed by atoms with van der Waals surface area (Å²) in [6, 6.07) is 7.58. The van der Waals surface area contributed by atoms with Crippen LogP contribution in [0.4, 0.5) is 24.5 Å². The Kier molecular flexibility index (Phi) is 7.29.